The number of ether oxygens (including phenoxy) is 4. The number of hydrogen-bond donors (Lipinski definition) is 0. The first-order chi connectivity index (χ1) is 23.3. The Balaban J connectivity index is 0.000000873. The molecule has 2 saturated heterocycles. The van der Waals surface area contributed by atoms with Crippen LogP contribution in [0.5, 0.6) is 0 Å². The second-order valence-corrected chi connectivity index (χ2v) is 13.1. The molecule has 0 N–H and O–H groups in total. The van der Waals surface area contributed by atoms with Gasteiger partial charge in [0, 0.05) is 52.7 Å². The number of hydrogen-bond acceptors (Lipinski definition) is 9. The van der Waals surface area contributed by atoms with Gasteiger partial charge in [-0.05, 0) is 45.1 Å². The molecule has 4 rings (SSSR count). The summed E-state index contributed by atoms with van der Waals surface area (Å²) in [5.74, 6) is -1.09. The van der Waals surface area contributed by atoms with Crippen molar-refractivity contribution in [3.63, 3.8) is 0 Å². The molecule has 2 aromatic rings. The Morgan fingerprint density at radius 3 is 1.78 bits per heavy atom. The fourth-order valence-corrected chi connectivity index (χ4v) is 5.43. The summed E-state index contributed by atoms with van der Waals surface area (Å²) >= 11 is 9.53. The van der Waals surface area contributed by atoms with Crippen molar-refractivity contribution in [2.75, 3.05) is 31.8 Å². The minimum Gasteiger partial charge on any atom is -0.460 e. The first-order valence-corrected chi connectivity index (χ1v) is 17.1. The maximum Gasteiger partial charge on any atom is 0.523 e. The molecule has 2 aliphatic heterocycles. The smallest absolute Gasteiger partial charge is 0.460 e. The van der Waals surface area contributed by atoms with Crippen molar-refractivity contribution in [2.45, 2.75) is 57.4 Å². The van der Waals surface area contributed by atoms with Gasteiger partial charge in [0.15, 0.2) is 0 Å². The summed E-state index contributed by atoms with van der Waals surface area (Å²) in [6.07, 6.45) is 2.14. The monoisotopic (exact) mass is 977 g/mol. The van der Waals surface area contributed by atoms with Crippen molar-refractivity contribution in [1.29, 1.82) is 1.34 Å². The largest absolute Gasteiger partial charge is 0.523 e. The predicted octanol–water partition coefficient (Wildman–Crippen LogP) is 6.27. The van der Waals surface area contributed by atoms with Crippen molar-refractivity contribution in [3.05, 3.63) is 84.4 Å². The van der Waals surface area contributed by atoms with Gasteiger partial charge in [-0.15, -0.1) is 29.8 Å². The number of alkyl halides is 5. The molecule has 3 atom stereocenters. The van der Waals surface area contributed by atoms with Crippen LogP contribution in [0.25, 0.3) is 0 Å². The third-order valence-electron chi connectivity index (χ3n) is 7.50. The number of benzene rings is 2. The number of halogens is 5. The summed E-state index contributed by atoms with van der Waals surface area (Å²) in [6.45, 7) is 6.17. The van der Waals surface area contributed by atoms with E-state index < -0.39 is 38.5 Å². The molecule has 0 aliphatic carbocycles. The molecular weight excluding hydrogens is 937 g/mol. The molecule has 0 spiro atoms. The first-order valence-electron chi connectivity index (χ1n) is 15.2. The summed E-state index contributed by atoms with van der Waals surface area (Å²) in [5.41, 5.74) is -6.20. The maximum absolute atomic E-state index is 12.6. The van der Waals surface area contributed by atoms with Gasteiger partial charge < -0.3 is 18.9 Å². The maximum atomic E-state index is 12.6. The second-order valence-electron chi connectivity index (χ2n) is 10.7. The van der Waals surface area contributed by atoms with E-state index in [1.54, 1.807) is 36.4 Å². The van der Waals surface area contributed by atoms with Crippen LogP contribution in [0.2, 0.25) is 0 Å². The Morgan fingerprint density at radius 2 is 1.39 bits per heavy atom. The predicted molar refractivity (Wildman–Crippen MR) is 177 cm³/mol. The van der Waals surface area contributed by atoms with Gasteiger partial charge in [-0.3, -0.25) is 13.8 Å². The molecule has 49 heavy (non-hydrogen) atoms. The Hall–Kier alpha value is -1.56. The quantitative estimate of drug-likeness (QED) is 0.0680. The third-order valence-corrected chi connectivity index (χ3v) is 8.61. The van der Waals surface area contributed by atoms with Crippen LogP contribution in [0.4, 0.5) is 13.2 Å². The molecule has 3 unspecified atom stereocenters. The number of esters is 2. The van der Waals surface area contributed by atoms with Crippen LogP contribution in [0.1, 0.15) is 43.7 Å². The van der Waals surface area contributed by atoms with E-state index in [0.29, 0.717) is 38.4 Å². The van der Waals surface area contributed by atoms with Crippen molar-refractivity contribution >= 4 is 53.6 Å². The van der Waals surface area contributed by atoms with E-state index in [2.05, 4.69) is 19.1 Å². The average Bonchev–Trinajstić information content (AvgIpc) is 3.11. The van der Waals surface area contributed by atoms with Crippen LogP contribution in [0.3, 0.4) is 0 Å². The number of carbonyl (C=O) groups excluding carboxylic acids is 2. The molecule has 2 fully saturated rings. The standard InChI is InChI=1S/C16H19F3O6S.C15H18O3.CH2Cl2.BH.U/c1-12(25-26(21,22)16(17,18)19)15(8-5-9-23-11-15)14(20)24-10-13-6-3-2-4-7-13;1-2-15(9-6-10-17-12-15)14(16)18-11-13-7-4-3-5-8-13;2-1-3;;/h2-4,6-7,12H,5,8-11H2,1H3;2-5,7-8H,1,6,9-12H2;1H2;1H;/i;;;1D;. The zero-order valence-electron chi connectivity index (χ0n) is 28.0. The van der Waals surface area contributed by atoms with Gasteiger partial charge in [-0.2, -0.15) is 21.6 Å². The normalized spacial score (nSPS) is 21.1. The Labute approximate surface area is 322 Å². The number of rotatable bonds is 10. The van der Waals surface area contributed by atoms with E-state index in [1.807, 2.05) is 30.3 Å². The minimum atomic E-state index is -5.85. The van der Waals surface area contributed by atoms with Gasteiger partial charge in [-0.25, -0.2) is 0 Å². The molecule has 0 aromatic heterocycles. The molecule has 17 heteroatoms. The molecule has 0 bridgehead atoms. The van der Waals surface area contributed by atoms with Crippen LogP contribution in [-0.2, 0) is 56.1 Å². The average molecular weight is 978 g/mol. The Morgan fingerprint density at radius 1 is 0.939 bits per heavy atom. The minimum absolute atomic E-state index is 0. The zero-order chi connectivity index (χ0) is 37.0. The van der Waals surface area contributed by atoms with Crippen molar-refractivity contribution in [1.82, 2.24) is 0 Å². The van der Waals surface area contributed by atoms with Crippen LogP contribution < -0.4 is 0 Å². The SMILES string of the molecule is C=CC1(C(=O)OCc2ccccc2)CCCOC1.CC(OS(=O)(=O)C(F)(F)F)C1(C(=O)OCc2ccccc2)CCCOC1.ClCCl.[2H][B].[U]. The molecule has 0 saturated carbocycles. The molecule has 270 valence electrons. The van der Waals surface area contributed by atoms with Crippen LogP contribution in [-0.4, -0.2) is 73.4 Å². The van der Waals surface area contributed by atoms with E-state index in [9.17, 15) is 31.2 Å². The van der Waals surface area contributed by atoms with Gasteiger partial charge in [-0.1, -0.05) is 66.7 Å². The van der Waals surface area contributed by atoms with E-state index >= 15 is 0 Å². The van der Waals surface area contributed by atoms with E-state index in [4.69, 9.17) is 43.5 Å². The first kappa shape index (κ1) is 45.5. The van der Waals surface area contributed by atoms with Gasteiger partial charge in [0.1, 0.15) is 24.0 Å². The van der Waals surface area contributed by atoms with Crippen LogP contribution >= 0.6 is 23.2 Å². The zero-order valence-corrected chi connectivity index (χ0v) is 33.5. The van der Waals surface area contributed by atoms with Crippen LogP contribution in [0.15, 0.2) is 73.3 Å². The third kappa shape index (κ3) is 14.5. The summed E-state index contributed by atoms with van der Waals surface area (Å²) in [5, 5.41) is 0.194. The van der Waals surface area contributed by atoms with Crippen molar-refractivity contribution in [3.8, 4) is 0 Å². The van der Waals surface area contributed by atoms with E-state index in [1.165, 1.54) is 0 Å². The fourth-order valence-electron chi connectivity index (χ4n) is 4.76. The van der Waals surface area contributed by atoms with Gasteiger partial charge >= 0.3 is 27.6 Å². The van der Waals surface area contributed by atoms with Crippen molar-refractivity contribution < 1.29 is 85.4 Å². The molecule has 9 nitrogen and oxygen atoms in total. The van der Waals surface area contributed by atoms with E-state index in [-0.39, 0.29) is 62.1 Å². The van der Waals surface area contributed by atoms with E-state index in [0.717, 1.165) is 25.3 Å². The number of carbonyl (C=O) groups is 2. The van der Waals surface area contributed by atoms with Gasteiger partial charge in [0.05, 0.1) is 24.7 Å². The van der Waals surface area contributed by atoms with Crippen LogP contribution in [0, 0.1) is 41.9 Å². The molecule has 2 aromatic carbocycles. The Bertz CT molecular complexity index is 1370. The molecule has 0 amide bonds. The summed E-state index contributed by atoms with van der Waals surface area (Å²) < 4.78 is 91.1. The summed E-state index contributed by atoms with van der Waals surface area (Å²) in [7, 11) is -2.10. The fraction of sp³-hybridized carbons (Fsp3) is 0.500. The molecular formula is C32H40BCl2F3O9SU. The molecule has 2 heterocycles. The van der Waals surface area contributed by atoms with Crippen molar-refractivity contribution in [2.24, 2.45) is 10.8 Å². The molecule has 2 aliphatic rings. The summed E-state index contributed by atoms with van der Waals surface area (Å²) in [4.78, 5) is 24.8. The Kier molecular flexibility index (Phi) is 21.4. The van der Waals surface area contributed by atoms with Gasteiger partial charge in [0.2, 0.25) is 0 Å². The summed E-state index contributed by atoms with van der Waals surface area (Å²) in [6, 6.07) is 18.3. The second kappa shape index (κ2) is 23.1. The topological polar surface area (TPSA) is 114 Å². The van der Waals surface area contributed by atoms with Gasteiger partial charge in [0.25, 0.3) is 0 Å². The molecule has 2 radical (unpaired) electrons.